The van der Waals surface area contributed by atoms with E-state index in [1.165, 1.54) is 12.1 Å². The maximum atomic E-state index is 13.3. The SMILES string of the molecule is CCN(C(=O)c1cc(S)ccc1C)c1cccc(F)c1. The molecule has 0 aliphatic carbocycles. The summed E-state index contributed by atoms with van der Waals surface area (Å²) in [5.74, 6) is -0.500. The van der Waals surface area contributed by atoms with Gasteiger partial charge in [-0.3, -0.25) is 4.79 Å². The Hall–Kier alpha value is -1.81. The fourth-order valence-electron chi connectivity index (χ4n) is 2.07. The number of carbonyl (C=O) groups excluding carboxylic acids is 1. The van der Waals surface area contributed by atoms with Gasteiger partial charge in [-0.25, -0.2) is 4.39 Å². The van der Waals surface area contributed by atoms with Crippen LogP contribution in [0.5, 0.6) is 0 Å². The van der Waals surface area contributed by atoms with Crippen LogP contribution in [0.4, 0.5) is 10.1 Å². The Morgan fingerprint density at radius 3 is 2.65 bits per heavy atom. The zero-order valence-electron chi connectivity index (χ0n) is 11.4. The molecule has 0 spiro atoms. The Labute approximate surface area is 123 Å². The number of halogens is 1. The third kappa shape index (κ3) is 3.02. The van der Waals surface area contributed by atoms with Gasteiger partial charge in [0.25, 0.3) is 5.91 Å². The van der Waals surface area contributed by atoms with Crippen LogP contribution in [-0.2, 0) is 0 Å². The molecule has 2 rings (SSSR count). The Morgan fingerprint density at radius 2 is 2.00 bits per heavy atom. The van der Waals surface area contributed by atoms with Crippen LogP contribution < -0.4 is 4.90 Å². The van der Waals surface area contributed by atoms with Crippen molar-refractivity contribution in [2.75, 3.05) is 11.4 Å². The number of thiol groups is 1. The summed E-state index contributed by atoms with van der Waals surface area (Å²) in [6, 6.07) is 11.5. The van der Waals surface area contributed by atoms with E-state index >= 15 is 0 Å². The average Bonchev–Trinajstić information content (AvgIpc) is 2.42. The first-order valence-electron chi connectivity index (χ1n) is 6.40. The molecule has 1 amide bonds. The molecule has 20 heavy (non-hydrogen) atoms. The summed E-state index contributed by atoms with van der Waals surface area (Å²) >= 11 is 4.27. The molecule has 0 radical (unpaired) electrons. The lowest BCUT2D eigenvalue weighted by Crippen LogP contribution is -2.31. The van der Waals surface area contributed by atoms with Crippen molar-refractivity contribution in [3.05, 3.63) is 59.4 Å². The quantitative estimate of drug-likeness (QED) is 0.844. The molecule has 0 N–H and O–H groups in total. The standard InChI is InChI=1S/C16H16FNOS/c1-3-18(13-6-4-5-12(17)9-13)16(19)15-10-14(20)8-7-11(15)2/h4-10,20H,3H2,1-2H3. The number of hydrogen-bond donors (Lipinski definition) is 1. The zero-order chi connectivity index (χ0) is 14.7. The monoisotopic (exact) mass is 289 g/mol. The number of amides is 1. The van der Waals surface area contributed by atoms with Crippen LogP contribution in [0, 0.1) is 12.7 Å². The fourth-order valence-corrected chi connectivity index (χ4v) is 2.28. The van der Waals surface area contributed by atoms with E-state index in [1.54, 1.807) is 23.1 Å². The molecule has 2 nitrogen and oxygen atoms in total. The van der Waals surface area contributed by atoms with E-state index in [1.807, 2.05) is 26.0 Å². The number of benzene rings is 2. The second-order valence-corrected chi connectivity index (χ2v) is 5.04. The van der Waals surface area contributed by atoms with Gasteiger partial charge in [0, 0.05) is 22.7 Å². The van der Waals surface area contributed by atoms with Crippen LogP contribution in [0.1, 0.15) is 22.8 Å². The van der Waals surface area contributed by atoms with E-state index in [0.717, 1.165) is 10.5 Å². The molecule has 2 aromatic carbocycles. The van der Waals surface area contributed by atoms with Crippen molar-refractivity contribution in [1.82, 2.24) is 0 Å². The predicted molar refractivity (Wildman–Crippen MR) is 82.2 cm³/mol. The van der Waals surface area contributed by atoms with Gasteiger partial charge in [0.05, 0.1) is 0 Å². The smallest absolute Gasteiger partial charge is 0.258 e. The largest absolute Gasteiger partial charge is 0.309 e. The van der Waals surface area contributed by atoms with Crippen LogP contribution in [0.2, 0.25) is 0 Å². The summed E-state index contributed by atoms with van der Waals surface area (Å²) in [4.78, 5) is 14.9. The summed E-state index contributed by atoms with van der Waals surface area (Å²) in [5.41, 5.74) is 2.02. The van der Waals surface area contributed by atoms with Crippen molar-refractivity contribution in [2.45, 2.75) is 18.7 Å². The van der Waals surface area contributed by atoms with Gasteiger partial charge in [-0.1, -0.05) is 12.1 Å². The van der Waals surface area contributed by atoms with Crippen molar-refractivity contribution in [3.63, 3.8) is 0 Å². The van der Waals surface area contributed by atoms with Gasteiger partial charge in [-0.15, -0.1) is 12.6 Å². The van der Waals surface area contributed by atoms with Crippen molar-refractivity contribution in [3.8, 4) is 0 Å². The van der Waals surface area contributed by atoms with E-state index in [4.69, 9.17) is 0 Å². The fraction of sp³-hybridized carbons (Fsp3) is 0.188. The minimum Gasteiger partial charge on any atom is -0.309 e. The molecule has 0 bridgehead atoms. The predicted octanol–water partition coefficient (Wildman–Crippen LogP) is 4.09. The van der Waals surface area contributed by atoms with Crippen LogP contribution in [0.15, 0.2) is 47.4 Å². The summed E-state index contributed by atoms with van der Waals surface area (Å²) in [6.07, 6.45) is 0. The molecule has 0 unspecified atom stereocenters. The summed E-state index contributed by atoms with van der Waals surface area (Å²) < 4.78 is 13.3. The topological polar surface area (TPSA) is 20.3 Å². The normalized spacial score (nSPS) is 10.4. The maximum absolute atomic E-state index is 13.3. The van der Waals surface area contributed by atoms with Gasteiger partial charge >= 0.3 is 0 Å². The lowest BCUT2D eigenvalue weighted by Gasteiger charge is -2.22. The van der Waals surface area contributed by atoms with Gasteiger partial charge in [-0.05, 0) is 49.7 Å². The maximum Gasteiger partial charge on any atom is 0.258 e. The molecule has 0 saturated carbocycles. The van der Waals surface area contributed by atoms with Gasteiger partial charge in [-0.2, -0.15) is 0 Å². The number of anilines is 1. The number of aryl methyl sites for hydroxylation is 1. The number of hydrogen-bond acceptors (Lipinski definition) is 2. The molecule has 0 atom stereocenters. The molecule has 2 aromatic rings. The van der Waals surface area contributed by atoms with E-state index in [2.05, 4.69) is 12.6 Å². The van der Waals surface area contributed by atoms with Crippen molar-refractivity contribution >= 4 is 24.2 Å². The molecule has 0 heterocycles. The Kier molecular flexibility index (Phi) is 4.45. The summed E-state index contributed by atoms with van der Waals surface area (Å²) in [6.45, 7) is 4.21. The van der Waals surface area contributed by atoms with Crippen LogP contribution in [0.3, 0.4) is 0 Å². The van der Waals surface area contributed by atoms with Gasteiger partial charge in [0.15, 0.2) is 0 Å². The Morgan fingerprint density at radius 1 is 1.25 bits per heavy atom. The van der Waals surface area contributed by atoms with Crippen molar-refractivity contribution < 1.29 is 9.18 Å². The molecular weight excluding hydrogens is 273 g/mol. The summed E-state index contributed by atoms with van der Waals surface area (Å²) in [5, 5.41) is 0. The third-order valence-electron chi connectivity index (χ3n) is 3.13. The second kappa shape index (κ2) is 6.09. The first kappa shape index (κ1) is 14.6. The minimum atomic E-state index is -0.353. The highest BCUT2D eigenvalue weighted by atomic mass is 32.1. The highest BCUT2D eigenvalue weighted by Gasteiger charge is 2.18. The van der Waals surface area contributed by atoms with E-state index < -0.39 is 0 Å². The molecule has 0 aliphatic heterocycles. The number of nitrogens with zero attached hydrogens (tertiary/aromatic N) is 1. The molecule has 0 aliphatic rings. The number of rotatable bonds is 3. The lowest BCUT2D eigenvalue weighted by atomic mass is 10.1. The van der Waals surface area contributed by atoms with Gasteiger partial charge in [0.2, 0.25) is 0 Å². The molecule has 104 valence electrons. The van der Waals surface area contributed by atoms with E-state index in [0.29, 0.717) is 17.8 Å². The lowest BCUT2D eigenvalue weighted by molar-refractivity contribution is 0.0987. The van der Waals surface area contributed by atoms with Crippen molar-refractivity contribution in [2.24, 2.45) is 0 Å². The van der Waals surface area contributed by atoms with Crippen LogP contribution >= 0.6 is 12.6 Å². The molecule has 0 saturated heterocycles. The first-order chi connectivity index (χ1) is 9.52. The van der Waals surface area contributed by atoms with Crippen LogP contribution in [-0.4, -0.2) is 12.5 Å². The highest BCUT2D eigenvalue weighted by Crippen LogP contribution is 2.21. The number of carbonyl (C=O) groups is 1. The Balaban J connectivity index is 2.41. The van der Waals surface area contributed by atoms with Crippen molar-refractivity contribution in [1.29, 1.82) is 0 Å². The van der Waals surface area contributed by atoms with E-state index in [-0.39, 0.29) is 11.7 Å². The average molecular weight is 289 g/mol. The first-order valence-corrected chi connectivity index (χ1v) is 6.84. The molecular formula is C16H16FNOS. The molecule has 4 heteroatoms. The summed E-state index contributed by atoms with van der Waals surface area (Å²) in [7, 11) is 0. The van der Waals surface area contributed by atoms with E-state index in [9.17, 15) is 9.18 Å². The third-order valence-corrected chi connectivity index (χ3v) is 3.41. The second-order valence-electron chi connectivity index (χ2n) is 4.53. The highest BCUT2D eigenvalue weighted by molar-refractivity contribution is 7.80. The molecule has 0 aromatic heterocycles. The Bertz CT molecular complexity index is 642. The zero-order valence-corrected chi connectivity index (χ0v) is 12.3. The van der Waals surface area contributed by atoms with Crippen LogP contribution in [0.25, 0.3) is 0 Å². The van der Waals surface area contributed by atoms with Gasteiger partial charge < -0.3 is 4.90 Å². The minimum absolute atomic E-state index is 0.147. The van der Waals surface area contributed by atoms with Gasteiger partial charge in [0.1, 0.15) is 5.82 Å². The molecule has 0 fully saturated rings.